The molecule has 0 atom stereocenters. The van der Waals surface area contributed by atoms with E-state index in [1.165, 1.54) is 16.2 Å². The molecule has 0 bridgehead atoms. The third kappa shape index (κ3) is 5.39. The Hall–Kier alpha value is -1.41. The van der Waals surface area contributed by atoms with E-state index in [2.05, 4.69) is 15.6 Å². The van der Waals surface area contributed by atoms with Crippen molar-refractivity contribution in [2.24, 2.45) is 0 Å². The van der Waals surface area contributed by atoms with Crippen molar-refractivity contribution in [2.75, 3.05) is 27.2 Å². The summed E-state index contributed by atoms with van der Waals surface area (Å²) in [5.41, 5.74) is 0.936. The molecule has 0 aromatic carbocycles. The Morgan fingerprint density at radius 2 is 1.95 bits per heavy atom. The molecule has 0 aliphatic rings. The number of amides is 3. The number of carbonyl (C=O) groups is 2. The summed E-state index contributed by atoms with van der Waals surface area (Å²) in [5, 5.41) is 5.42. The number of nitrogens with one attached hydrogen (secondary N) is 3. The lowest BCUT2D eigenvalue weighted by Gasteiger charge is -2.12. The third-order valence-corrected chi connectivity index (χ3v) is 3.71. The molecule has 8 heteroatoms. The molecule has 1 heterocycles. The minimum atomic E-state index is -0.173. The van der Waals surface area contributed by atoms with Gasteiger partial charge in [-0.3, -0.25) is 4.79 Å². The average molecular weight is 302 g/mol. The van der Waals surface area contributed by atoms with E-state index in [0.717, 1.165) is 10.6 Å². The monoisotopic (exact) mass is 302 g/mol. The topological polar surface area (TPSA) is 77.2 Å². The molecule has 0 aliphatic heterocycles. The van der Waals surface area contributed by atoms with E-state index in [1.807, 2.05) is 6.92 Å². The number of carbonyl (C=O) groups excluding carboxylic acids is 2. The fourth-order valence-electron chi connectivity index (χ4n) is 1.34. The lowest BCUT2D eigenvalue weighted by molar-refractivity contribution is -0.120. The van der Waals surface area contributed by atoms with Gasteiger partial charge in [0.15, 0.2) is 3.95 Å². The van der Waals surface area contributed by atoms with E-state index in [-0.39, 0.29) is 11.9 Å². The third-order valence-electron chi connectivity index (χ3n) is 2.37. The molecular formula is C11H18N4O2S2. The van der Waals surface area contributed by atoms with Gasteiger partial charge in [-0.25, -0.2) is 4.79 Å². The predicted octanol–water partition coefficient (Wildman–Crippen LogP) is 1.04. The molecule has 0 saturated heterocycles. The van der Waals surface area contributed by atoms with E-state index in [1.54, 1.807) is 14.1 Å². The fourth-order valence-corrected chi connectivity index (χ4v) is 2.63. The maximum absolute atomic E-state index is 11.7. The zero-order valence-corrected chi connectivity index (χ0v) is 12.8. The number of rotatable bonds is 5. The van der Waals surface area contributed by atoms with Crippen molar-refractivity contribution in [3.8, 4) is 0 Å². The smallest absolute Gasteiger partial charge is 0.316 e. The zero-order valence-electron chi connectivity index (χ0n) is 11.2. The molecule has 0 spiro atoms. The first-order chi connectivity index (χ1) is 8.90. The molecule has 3 amide bonds. The Bertz CT molecular complexity index is 507. The van der Waals surface area contributed by atoms with Crippen LogP contribution in [-0.4, -0.2) is 49.0 Å². The number of hydrogen-bond donors (Lipinski definition) is 3. The number of aromatic nitrogens is 1. The van der Waals surface area contributed by atoms with E-state index >= 15 is 0 Å². The highest BCUT2D eigenvalue weighted by Crippen LogP contribution is 2.14. The Labute approximate surface area is 121 Å². The van der Waals surface area contributed by atoms with Crippen LogP contribution in [0, 0.1) is 10.9 Å². The first kappa shape index (κ1) is 15.6. The molecule has 0 radical (unpaired) electrons. The summed E-state index contributed by atoms with van der Waals surface area (Å²) in [7, 11) is 3.33. The van der Waals surface area contributed by atoms with Crippen molar-refractivity contribution in [3.63, 3.8) is 0 Å². The lowest BCUT2D eigenvalue weighted by atomic mass is 10.3. The standard InChI is InChI=1S/C11H18N4O2S2/c1-7-8(19-11(18)14-7)6-9(16)12-4-5-13-10(17)15(2)3/h4-6H2,1-3H3,(H,12,16)(H,13,17)(H,14,18). The van der Waals surface area contributed by atoms with Crippen LogP contribution in [0.2, 0.25) is 0 Å². The number of hydrogen-bond acceptors (Lipinski definition) is 4. The van der Waals surface area contributed by atoms with Crippen molar-refractivity contribution >= 4 is 35.5 Å². The Balaban J connectivity index is 2.27. The van der Waals surface area contributed by atoms with Crippen LogP contribution in [0.3, 0.4) is 0 Å². The van der Waals surface area contributed by atoms with Crippen molar-refractivity contribution in [1.82, 2.24) is 20.5 Å². The highest BCUT2D eigenvalue weighted by atomic mass is 32.1. The molecule has 3 N–H and O–H groups in total. The fraction of sp³-hybridized carbons (Fsp3) is 0.545. The Morgan fingerprint density at radius 1 is 1.32 bits per heavy atom. The number of aryl methyl sites for hydroxylation is 1. The van der Waals surface area contributed by atoms with Crippen LogP contribution in [0.4, 0.5) is 4.79 Å². The van der Waals surface area contributed by atoms with E-state index in [9.17, 15) is 9.59 Å². The zero-order chi connectivity index (χ0) is 14.4. The summed E-state index contributed by atoms with van der Waals surface area (Å²) in [4.78, 5) is 28.3. The van der Waals surface area contributed by atoms with E-state index < -0.39 is 0 Å². The van der Waals surface area contributed by atoms with Gasteiger partial charge in [-0.15, -0.1) is 11.3 Å². The SMILES string of the molecule is Cc1[nH]c(=S)sc1CC(=O)NCCNC(=O)N(C)C. The van der Waals surface area contributed by atoms with Crippen LogP contribution < -0.4 is 10.6 Å². The predicted molar refractivity (Wildman–Crippen MR) is 78.0 cm³/mol. The molecule has 6 nitrogen and oxygen atoms in total. The van der Waals surface area contributed by atoms with Crippen LogP contribution in [0.5, 0.6) is 0 Å². The molecule has 0 fully saturated rings. The van der Waals surface area contributed by atoms with Crippen LogP contribution in [0.25, 0.3) is 0 Å². The minimum Gasteiger partial charge on any atom is -0.354 e. The lowest BCUT2D eigenvalue weighted by Crippen LogP contribution is -2.39. The summed E-state index contributed by atoms with van der Waals surface area (Å²) in [6.07, 6.45) is 0.311. The van der Waals surface area contributed by atoms with Gasteiger partial charge < -0.3 is 20.5 Å². The molecule has 1 aromatic rings. The molecule has 19 heavy (non-hydrogen) atoms. The van der Waals surface area contributed by atoms with Gasteiger partial charge in [-0.1, -0.05) is 0 Å². The number of thiazole rings is 1. The summed E-state index contributed by atoms with van der Waals surface area (Å²) >= 11 is 6.42. The molecular weight excluding hydrogens is 284 g/mol. The van der Waals surface area contributed by atoms with Gasteiger partial charge >= 0.3 is 6.03 Å². The second-order valence-electron chi connectivity index (χ2n) is 4.22. The number of aromatic amines is 1. The Kier molecular flexibility index (Phi) is 5.97. The van der Waals surface area contributed by atoms with Crippen molar-refractivity contribution in [1.29, 1.82) is 0 Å². The largest absolute Gasteiger partial charge is 0.354 e. The van der Waals surface area contributed by atoms with Crippen LogP contribution in [0.1, 0.15) is 10.6 Å². The van der Waals surface area contributed by atoms with Crippen molar-refractivity contribution in [3.05, 3.63) is 14.5 Å². The molecule has 0 saturated carbocycles. The summed E-state index contributed by atoms with van der Waals surface area (Å²) < 4.78 is 0.679. The van der Waals surface area contributed by atoms with Gasteiger partial charge in [0.1, 0.15) is 0 Å². The first-order valence-electron chi connectivity index (χ1n) is 5.80. The average Bonchev–Trinajstić information content (AvgIpc) is 2.63. The summed E-state index contributed by atoms with van der Waals surface area (Å²) in [5.74, 6) is -0.0764. The highest BCUT2D eigenvalue weighted by Gasteiger charge is 2.08. The van der Waals surface area contributed by atoms with Gasteiger partial charge in [0.25, 0.3) is 0 Å². The van der Waals surface area contributed by atoms with E-state index in [4.69, 9.17) is 12.2 Å². The first-order valence-corrected chi connectivity index (χ1v) is 7.03. The number of nitrogens with zero attached hydrogens (tertiary/aromatic N) is 1. The van der Waals surface area contributed by atoms with Crippen molar-refractivity contribution < 1.29 is 9.59 Å². The van der Waals surface area contributed by atoms with Gasteiger partial charge in [0.2, 0.25) is 5.91 Å². The normalized spacial score (nSPS) is 10.1. The second kappa shape index (κ2) is 7.25. The number of H-pyrrole nitrogens is 1. The molecule has 1 aromatic heterocycles. The molecule has 106 valence electrons. The van der Waals surface area contributed by atoms with Crippen LogP contribution in [-0.2, 0) is 11.2 Å². The maximum atomic E-state index is 11.7. The van der Waals surface area contributed by atoms with Gasteiger partial charge in [-0.2, -0.15) is 0 Å². The van der Waals surface area contributed by atoms with Crippen molar-refractivity contribution in [2.45, 2.75) is 13.3 Å². The summed E-state index contributed by atoms with van der Waals surface area (Å²) in [6, 6.07) is -0.173. The number of urea groups is 1. The molecule has 0 unspecified atom stereocenters. The molecule has 0 aliphatic carbocycles. The summed E-state index contributed by atoms with van der Waals surface area (Å²) in [6.45, 7) is 2.71. The van der Waals surface area contributed by atoms with Gasteiger partial charge in [-0.05, 0) is 19.1 Å². The quantitative estimate of drug-likeness (QED) is 0.562. The maximum Gasteiger partial charge on any atom is 0.316 e. The van der Waals surface area contributed by atoms with Gasteiger partial charge in [0, 0.05) is 37.8 Å². The van der Waals surface area contributed by atoms with Crippen LogP contribution in [0.15, 0.2) is 0 Å². The Morgan fingerprint density at radius 3 is 2.47 bits per heavy atom. The molecule has 1 rings (SSSR count). The van der Waals surface area contributed by atoms with Gasteiger partial charge in [0.05, 0.1) is 6.42 Å². The minimum absolute atomic E-state index is 0.0764. The van der Waals surface area contributed by atoms with E-state index in [0.29, 0.717) is 23.5 Å². The second-order valence-corrected chi connectivity index (χ2v) is 5.99. The van der Waals surface area contributed by atoms with Crippen LogP contribution >= 0.6 is 23.6 Å². The highest BCUT2D eigenvalue weighted by molar-refractivity contribution is 7.73.